The van der Waals surface area contributed by atoms with Gasteiger partial charge in [0.25, 0.3) is 0 Å². The summed E-state index contributed by atoms with van der Waals surface area (Å²) in [5.41, 5.74) is 1.39. The SMILES string of the molecule is CCCc1cc(C)c(CCc2cc(F)c(C#CC(F)(F)F)c(F)c2)c(F)c1. The van der Waals surface area contributed by atoms with Crippen molar-refractivity contribution in [1.82, 2.24) is 0 Å². The molecule has 27 heavy (non-hydrogen) atoms. The molecule has 0 radical (unpaired) electrons. The first kappa shape index (κ1) is 20.9. The van der Waals surface area contributed by atoms with Crippen molar-refractivity contribution in [3.8, 4) is 11.8 Å². The molecular formula is C21H18F6. The molecule has 0 saturated heterocycles. The molecule has 0 fully saturated rings. The average Bonchev–Trinajstić information content (AvgIpc) is 2.52. The summed E-state index contributed by atoms with van der Waals surface area (Å²) < 4.78 is 78.4. The van der Waals surface area contributed by atoms with Crippen LogP contribution in [0.5, 0.6) is 0 Å². The van der Waals surface area contributed by atoms with E-state index in [1.165, 1.54) is 12.0 Å². The highest BCUT2D eigenvalue weighted by atomic mass is 19.4. The van der Waals surface area contributed by atoms with Crippen LogP contribution in [0.3, 0.4) is 0 Å². The second kappa shape index (κ2) is 8.51. The Bertz CT molecular complexity index is 838. The average molecular weight is 384 g/mol. The molecule has 0 aliphatic heterocycles. The Morgan fingerprint density at radius 3 is 1.89 bits per heavy atom. The molecule has 0 saturated carbocycles. The van der Waals surface area contributed by atoms with Crippen LogP contribution >= 0.6 is 0 Å². The number of hydrogen-bond acceptors (Lipinski definition) is 0. The summed E-state index contributed by atoms with van der Waals surface area (Å²) in [6.07, 6.45) is -2.83. The van der Waals surface area contributed by atoms with E-state index in [-0.39, 0.29) is 24.2 Å². The Morgan fingerprint density at radius 2 is 1.37 bits per heavy atom. The highest BCUT2D eigenvalue weighted by Gasteiger charge is 2.23. The van der Waals surface area contributed by atoms with Gasteiger partial charge in [-0.2, -0.15) is 13.2 Å². The molecule has 0 unspecified atom stereocenters. The summed E-state index contributed by atoms with van der Waals surface area (Å²) in [5.74, 6) is -0.385. The van der Waals surface area contributed by atoms with Crippen LogP contribution < -0.4 is 0 Å². The molecule has 0 heterocycles. The second-order valence-corrected chi connectivity index (χ2v) is 6.31. The zero-order valence-corrected chi connectivity index (χ0v) is 14.9. The topological polar surface area (TPSA) is 0 Å². The van der Waals surface area contributed by atoms with E-state index in [1.54, 1.807) is 6.92 Å². The first-order chi connectivity index (χ1) is 12.6. The molecule has 2 aromatic carbocycles. The van der Waals surface area contributed by atoms with E-state index in [0.29, 0.717) is 5.56 Å². The molecule has 6 heteroatoms. The van der Waals surface area contributed by atoms with Crippen LogP contribution in [0.4, 0.5) is 26.3 Å². The van der Waals surface area contributed by atoms with Crippen LogP contribution in [0.1, 0.15) is 41.2 Å². The van der Waals surface area contributed by atoms with E-state index >= 15 is 0 Å². The molecule has 2 aromatic rings. The molecule has 2 rings (SSSR count). The van der Waals surface area contributed by atoms with Crippen molar-refractivity contribution in [3.05, 3.63) is 69.5 Å². The molecule has 0 spiro atoms. The maximum atomic E-state index is 14.3. The largest absolute Gasteiger partial charge is 0.458 e. The van der Waals surface area contributed by atoms with Crippen LogP contribution in [-0.4, -0.2) is 6.18 Å². The Hall–Kier alpha value is -2.42. The van der Waals surface area contributed by atoms with E-state index in [2.05, 4.69) is 0 Å². The van der Waals surface area contributed by atoms with Crippen molar-refractivity contribution >= 4 is 0 Å². The maximum Gasteiger partial charge on any atom is 0.458 e. The number of hydrogen-bond donors (Lipinski definition) is 0. The third kappa shape index (κ3) is 5.78. The maximum absolute atomic E-state index is 14.3. The first-order valence-electron chi connectivity index (χ1n) is 8.46. The third-order valence-corrected chi connectivity index (χ3v) is 4.11. The van der Waals surface area contributed by atoms with Gasteiger partial charge in [0.2, 0.25) is 0 Å². The minimum Gasteiger partial charge on any atom is -0.207 e. The monoisotopic (exact) mass is 384 g/mol. The fourth-order valence-corrected chi connectivity index (χ4v) is 2.89. The van der Waals surface area contributed by atoms with Gasteiger partial charge in [-0.05, 0) is 66.6 Å². The van der Waals surface area contributed by atoms with Gasteiger partial charge in [0.1, 0.15) is 17.5 Å². The number of aryl methyl sites for hydroxylation is 3. The normalized spacial score (nSPS) is 11.3. The molecule has 0 amide bonds. The summed E-state index contributed by atoms with van der Waals surface area (Å²) in [6.45, 7) is 3.77. The van der Waals surface area contributed by atoms with Gasteiger partial charge in [-0.25, -0.2) is 13.2 Å². The Morgan fingerprint density at radius 1 is 0.815 bits per heavy atom. The fraction of sp³-hybridized carbons (Fsp3) is 0.333. The van der Waals surface area contributed by atoms with Crippen LogP contribution in [0, 0.1) is 36.2 Å². The molecule has 144 valence electrons. The minimum absolute atomic E-state index is 0.145. The molecule has 0 bridgehead atoms. The fourth-order valence-electron chi connectivity index (χ4n) is 2.89. The smallest absolute Gasteiger partial charge is 0.207 e. The van der Waals surface area contributed by atoms with Crippen molar-refractivity contribution in [3.63, 3.8) is 0 Å². The van der Waals surface area contributed by atoms with Crippen molar-refractivity contribution in [2.45, 2.75) is 45.7 Å². The summed E-state index contributed by atoms with van der Waals surface area (Å²) in [4.78, 5) is 0. The molecule has 0 N–H and O–H groups in total. The van der Waals surface area contributed by atoms with Crippen molar-refractivity contribution in [2.24, 2.45) is 0 Å². The number of benzene rings is 2. The Balaban J connectivity index is 2.21. The lowest BCUT2D eigenvalue weighted by Crippen LogP contribution is -2.04. The summed E-state index contributed by atoms with van der Waals surface area (Å²) in [5, 5.41) is 0. The van der Waals surface area contributed by atoms with E-state index < -0.39 is 23.4 Å². The van der Waals surface area contributed by atoms with Gasteiger partial charge in [0, 0.05) is 5.92 Å². The molecule has 0 atom stereocenters. The van der Waals surface area contributed by atoms with Gasteiger partial charge in [-0.3, -0.25) is 0 Å². The van der Waals surface area contributed by atoms with E-state index in [1.807, 2.05) is 13.0 Å². The van der Waals surface area contributed by atoms with Gasteiger partial charge < -0.3 is 0 Å². The predicted octanol–water partition coefficient (Wildman–Crippen LogP) is 6.06. The molecule has 0 aliphatic rings. The number of halogens is 6. The van der Waals surface area contributed by atoms with Gasteiger partial charge in [0.15, 0.2) is 0 Å². The standard InChI is InChI=1S/C21H18F6/c1-3-4-14-9-13(2)16(18(22)10-14)6-5-15-11-19(23)17(20(24)12-15)7-8-21(25,26)27/h9-12H,3-6H2,1-2H3. The predicted molar refractivity (Wildman–Crippen MR) is 91.8 cm³/mol. The minimum atomic E-state index is -4.84. The summed E-state index contributed by atoms with van der Waals surface area (Å²) in [6, 6.07) is 5.21. The molecule has 0 nitrogen and oxygen atoms in total. The zero-order chi connectivity index (χ0) is 20.2. The molecule has 0 aliphatic carbocycles. The lowest BCUT2D eigenvalue weighted by molar-refractivity contribution is -0.0696. The second-order valence-electron chi connectivity index (χ2n) is 6.31. The lowest BCUT2D eigenvalue weighted by atomic mass is 9.96. The lowest BCUT2D eigenvalue weighted by Gasteiger charge is -2.11. The Labute approximate surface area is 154 Å². The van der Waals surface area contributed by atoms with E-state index in [9.17, 15) is 26.3 Å². The van der Waals surface area contributed by atoms with Crippen LogP contribution in [0.25, 0.3) is 0 Å². The quantitative estimate of drug-likeness (QED) is 0.434. The summed E-state index contributed by atoms with van der Waals surface area (Å²) >= 11 is 0. The number of alkyl halides is 3. The zero-order valence-electron chi connectivity index (χ0n) is 14.9. The van der Waals surface area contributed by atoms with Gasteiger partial charge in [0.05, 0.1) is 5.56 Å². The van der Waals surface area contributed by atoms with Crippen molar-refractivity contribution in [2.75, 3.05) is 0 Å². The third-order valence-electron chi connectivity index (χ3n) is 4.11. The van der Waals surface area contributed by atoms with Crippen LogP contribution in [0.2, 0.25) is 0 Å². The van der Waals surface area contributed by atoms with Crippen LogP contribution in [0.15, 0.2) is 24.3 Å². The van der Waals surface area contributed by atoms with E-state index in [4.69, 9.17) is 0 Å². The van der Waals surface area contributed by atoms with E-state index in [0.717, 1.165) is 42.0 Å². The van der Waals surface area contributed by atoms with Crippen LogP contribution in [-0.2, 0) is 19.3 Å². The first-order valence-corrected chi connectivity index (χ1v) is 8.46. The van der Waals surface area contributed by atoms with Gasteiger partial charge >= 0.3 is 6.18 Å². The summed E-state index contributed by atoms with van der Waals surface area (Å²) in [7, 11) is 0. The number of rotatable bonds is 5. The highest BCUT2D eigenvalue weighted by molar-refractivity contribution is 5.40. The van der Waals surface area contributed by atoms with Gasteiger partial charge in [-0.15, -0.1) is 0 Å². The van der Waals surface area contributed by atoms with Crippen molar-refractivity contribution < 1.29 is 26.3 Å². The molecule has 0 aromatic heterocycles. The molecular weight excluding hydrogens is 366 g/mol. The van der Waals surface area contributed by atoms with Gasteiger partial charge in [-0.1, -0.05) is 25.3 Å². The Kier molecular flexibility index (Phi) is 6.59. The van der Waals surface area contributed by atoms with Crippen molar-refractivity contribution in [1.29, 1.82) is 0 Å². The highest BCUT2D eigenvalue weighted by Crippen LogP contribution is 2.22.